The maximum atomic E-state index is 12.6. The summed E-state index contributed by atoms with van der Waals surface area (Å²) < 4.78 is 38.7. The van der Waals surface area contributed by atoms with Gasteiger partial charge in [0, 0.05) is 0 Å². The Hall–Kier alpha value is -2.82. The first-order valence-corrected chi connectivity index (χ1v) is 5.23. The van der Waals surface area contributed by atoms with Crippen LogP contribution in [-0.4, -0.2) is 20.9 Å². The number of aromatic carboxylic acids is 1. The summed E-state index contributed by atoms with van der Waals surface area (Å²) in [7, 11) is 0. The number of aromatic nitrogens is 2. The third-order valence-corrected chi connectivity index (χ3v) is 2.52. The largest absolute Gasteiger partial charge is 0.478 e. The van der Waals surface area contributed by atoms with Crippen molar-refractivity contribution in [1.29, 1.82) is 5.26 Å². The van der Waals surface area contributed by atoms with E-state index in [-0.39, 0.29) is 16.9 Å². The van der Waals surface area contributed by atoms with Crippen molar-refractivity contribution in [3.8, 4) is 11.8 Å². The van der Waals surface area contributed by atoms with Gasteiger partial charge in [0.25, 0.3) is 0 Å². The first-order valence-electron chi connectivity index (χ1n) is 5.23. The van der Waals surface area contributed by atoms with Crippen LogP contribution in [0.15, 0.2) is 30.5 Å². The van der Waals surface area contributed by atoms with E-state index in [2.05, 4.69) is 5.10 Å². The lowest BCUT2D eigenvalue weighted by Crippen LogP contribution is -2.08. The fraction of sp³-hybridized carbons (Fsp3) is 0.0833. The topological polar surface area (TPSA) is 78.9 Å². The van der Waals surface area contributed by atoms with Gasteiger partial charge in [0.2, 0.25) is 0 Å². The monoisotopic (exact) mass is 281 g/mol. The lowest BCUT2D eigenvalue weighted by Gasteiger charge is -2.09. The van der Waals surface area contributed by atoms with Crippen LogP contribution in [0.25, 0.3) is 5.69 Å². The summed E-state index contributed by atoms with van der Waals surface area (Å²) in [4.78, 5) is 10.9. The van der Waals surface area contributed by atoms with Gasteiger partial charge in [-0.1, -0.05) is 6.07 Å². The fourth-order valence-electron chi connectivity index (χ4n) is 1.62. The van der Waals surface area contributed by atoms with Gasteiger partial charge in [-0.2, -0.15) is 23.5 Å². The number of benzene rings is 1. The number of carbonyl (C=O) groups is 1. The van der Waals surface area contributed by atoms with Crippen LogP contribution in [0, 0.1) is 11.3 Å². The van der Waals surface area contributed by atoms with Crippen LogP contribution in [0.1, 0.15) is 21.6 Å². The molecule has 8 heteroatoms. The molecule has 0 saturated heterocycles. The number of alkyl halides is 3. The fourth-order valence-corrected chi connectivity index (χ4v) is 1.62. The van der Waals surface area contributed by atoms with E-state index in [1.807, 2.05) is 0 Å². The average Bonchev–Trinajstić information content (AvgIpc) is 2.81. The Morgan fingerprint density at radius 2 is 2.10 bits per heavy atom. The summed E-state index contributed by atoms with van der Waals surface area (Å²) in [6.07, 6.45) is -3.62. The van der Waals surface area contributed by atoms with Crippen molar-refractivity contribution in [2.24, 2.45) is 0 Å². The molecule has 0 radical (unpaired) electrons. The van der Waals surface area contributed by atoms with Crippen LogP contribution in [0.5, 0.6) is 0 Å². The van der Waals surface area contributed by atoms with Gasteiger partial charge in [0.1, 0.15) is 11.6 Å². The second kappa shape index (κ2) is 4.70. The summed E-state index contributed by atoms with van der Waals surface area (Å²) >= 11 is 0. The van der Waals surface area contributed by atoms with Crippen LogP contribution >= 0.6 is 0 Å². The molecule has 2 rings (SSSR count). The maximum Gasteiger partial charge on any atom is 0.416 e. The number of hydrogen-bond acceptors (Lipinski definition) is 3. The van der Waals surface area contributed by atoms with Crippen molar-refractivity contribution in [1.82, 2.24) is 9.78 Å². The molecule has 20 heavy (non-hydrogen) atoms. The van der Waals surface area contributed by atoms with E-state index < -0.39 is 17.7 Å². The predicted molar refractivity (Wildman–Crippen MR) is 60.2 cm³/mol. The van der Waals surface area contributed by atoms with Gasteiger partial charge in [-0.3, -0.25) is 0 Å². The Morgan fingerprint density at radius 1 is 1.40 bits per heavy atom. The molecule has 0 saturated carbocycles. The molecule has 1 aromatic heterocycles. The zero-order chi connectivity index (χ0) is 14.9. The Labute approximate surface area is 110 Å². The lowest BCUT2D eigenvalue weighted by molar-refractivity contribution is -0.137. The zero-order valence-electron chi connectivity index (χ0n) is 9.72. The van der Waals surface area contributed by atoms with Gasteiger partial charge < -0.3 is 5.11 Å². The molecular weight excluding hydrogens is 275 g/mol. The molecule has 2 aromatic rings. The molecule has 0 spiro atoms. The highest BCUT2D eigenvalue weighted by Gasteiger charge is 2.31. The standard InChI is InChI=1S/C12H6F3N3O2/c13-12(14,15)7-2-1-3-8(4-7)18-10(5-16)9(6-17-18)11(19)20/h1-4,6H,(H,19,20). The van der Waals surface area contributed by atoms with Gasteiger partial charge in [-0.25, -0.2) is 9.48 Å². The van der Waals surface area contributed by atoms with Crippen molar-refractivity contribution in [3.63, 3.8) is 0 Å². The normalized spacial score (nSPS) is 11.1. The van der Waals surface area contributed by atoms with E-state index >= 15 is 0 Å². The van der Waals surface area contributed by atoms with E-state index in [0.29, 0.717) is 0 Å². The molecule has 0 amide bonds. The van der Waals surface area contributed by atoms with E-state index in [1.54, 1.807) is 6.07 Å². The zero-order valence-corrected chi connectivity index (χ0v) is 9.72. The number of nitriles is 1. The third-order valence-electron chi connectivity index (χ3n) is 2.52. The van der Waals surface area contributed by atoms with Crippen molar-refractivity contribution in [2.75, 3.05) is 0 Å². The molecule has 5 nitrogen and oxygen atoms in total. The predicted octanol–water partition coefficient (Wildman–Crippen LogP) is 2.46. The summed E-state index contributed by atoms with van der Waals surface area (Å²) in [6, 6.07) is 5.74. The molecular formula is C12H6F3N3O2. The van der Waals surface area contributed by atoms with Crippen LogP contribution in [-0.2, 0) is 6.18 Å². The third kappa shape index (κ3) is 2.33. The summed E-state index contributed by atoms with van der Waals surface area (Å²) in [5, 5.41) is 21.4. The molecule has 1 aromatic carbocycles. The SMILES string of the molecule is N#Cc1c(C(=O)O)cnn1-c1cccc(C(F)(F)F)c1. The van der Waals surface area contributed by atoms with Crippen LogP contribution in [0.4, 0.5) is 13.2 Å². The number of halogens is 3. The molecule has 0 atom stereocenters. The second-order valence-electron chi connectivity index (χ2n) is 3.78. The molecule has 1 heterocycles. The van der Waals surface area contributed by atoms with E-state index in [4.69, 9.17) is 10.4 Å². The van der Waals surface area contributed by atoms with Gasteiger partial charge in [-0.05, 0) is 18.2 Å². The summed E-state index contributed by atoms with van der Waals surface area (Å²) in [5.74, 6) is -1.38. The van der Waals surface area contributed by atoms with Crippen molar-refractivity contribution in [3.05, 3.63) is 47.3 Å². The Morgan fingerprint density at radius 3 is 2.65 bits per heavy atom. The van der Waals surface area contributed by atoms with Crippen molar-refractivity contribution >= 4 is 5.97 Å². The van der Waals surface area contributed by atoms with E-state index in [0.717, 1.165) is 29.1 Å². The number of nitrogens with zero attached hydrogens (tertiary/aromatic N) is 3. The van der Waals surface area contributed by atoms with Gasteiger partial charge >= 0.3 is 12.1 Å². The summed E-state index contributed by atoms with van der Waals surface area (Å²) in [6.45, 7) is 0. The summed E-state index contributed by atoms with van der Waals surface area (Å²) in [5.41, 5.74) is -1.66. The molecule has 0 fully saturated rings. The number of carboxylic acid groups (broad SMARTS) is 1. The molecule has 102 valence electrons. The molecule has 0 aliphatic rings. The maximum absolute atomic E-state index is 12.6. The quantitative estimate of drug-likeness (QED) is 0.917. The van der Waals surface area contributed by atoms with Gasteiger partial charge in [0.15, 0.2) is 5.69 Å². The smallest absolute Gasteiger partial charge is 0.416 e. The Balaban J connectivity index is 2.59. The highest BCUT2D eigenvalue weighted by atomic mass is 19.4. The number of hydrogen-bond donors (Lipinski definition) is 1. The minimum atomic E-state index is -4.54. The Kier molecular flexibility index (Phi) is 3.19. The van der Waals surface area contributed by atoms with Crippen molar-refractivity contribution < 1.29 is 23.1 Å². The van der Waals surface area contributed by atoms with Crippen LogP contribution in [0.2, 0.25) is 0 Å². The lowest BCUT2D eigenvalue weighted by atomic mass is 10.2. The highest BCUT2D eigenvalue weighted by Crippen LogP contribution is 2.30. The van der Waals surface area contributed by atoms with Crippen LogP contribution in [0.3, 0.4) is 0 Å². The molecule has 0 aliphatic heterocycles. The molecule has 0 aliphatic carbocycles. The van der Waals surface area contributed by atoms with Gasteiger partial charge in [-0.15, -0.1) is 0 Å². The van der Waals surface area contributed by atoms with Gasteiger partial charge in [0.05, 0.1) is 17.4 Å². The number of carboxylic acids is 1. The van der Waals surface area contributed by atoms with E-state index in [9.17, 15) is 18.0 Å². The minimum absolute atomic E-state index is 0.0381. The van der Waals surface area contributed by atoms with Crippen LogP contribution < -0.4 is 0 Å². The average molecular weight is 281 g/mol. The van der Waals surface area contributed by atoms with E-state index in [1.165, 1.54) is 6.07 Å². The molecule has 0 unspecified atom stereocenters. The first-order chi connectivity index (χ1) is 9.34. The second-order valence-corrected chi connectivity index (χ2v) is 3.78. The highest BCUT2D eigenvalue weighted by molar-refractivity contribution is 5.89. The Bertz CT molecular complexity index is 713. The molecule has 0 bridgehead atoms. The minimum Gasteiger partial charge on any atom is -0.478 e. The van der Waals surface area contributed by atoms with Crippen molar-refractivity contribution in [2.45, 2.75) is 6.18 Å². The number of rotatable bonds is 2. The first kappa shape index (κ1) is 13.6. The molecule has 1 N–H and O–H groups in total.